The monoisotopic (exact) mass is 464 g/mol. The Kier molecular flexibility index (Phi) is 6.38. The standard InChI is InChI=1S/C24H32N8O2/c1-15(2)24(33)17-5-4-6-18(12-17)34-19-9-10-20(25-13-19)23-21(31(3)29-27-23)14-32-28-22(26-30-32)11-16-7-8-16/h9-10,13,15-18H,4-8,11-12,14H2,1-3H3/t17-,18-/m0/s1. The Morgan fingerprint density at radius 1 is 1.15 bits per heavy atom. The van der Waals surface area contributed by atoms with E-state index in [0.717, 1.165) is 43.6 Å². The van der Waals surface area contributed by atoms with Crippen molar-refractivity contribution in [1.29, 1.82) is 0 Å². The van der Waals surface area contributed by atoms with E-state index in [1.165, 1.54) is 12.8 Å². The van der Waals surface area contributed by atoms with Crippen molar-refractivity contribution in [3.63, 3.8) is 0 Å². The van der Waals surface area contributed by atoms with Crippen LogP contribution in [0.2, 0.25) is 0 Å². The summed E-state index contributed by atoms with van der Waals surface area (Å²) in [5.41, 5.74) is 2.26. The first kappa shape index (κ1) is 22.6. The van der Waals surface area contributed by atoms with E-state index in [4.69, 9.17) is 4.74 Å². The zero-order valence-electron chi connectivity index (χ0n) is 20.1. The van der Waals surface area contributed by atoms with Gasteiger partial charge < -0.3 is 4.74 Å². The molecule has 180 valence electrons. The van der Waals surface area contributed by atoms with Crippen molar-refractivity contribution < 1.29 is 9.53 Å². The summed E-state index contributed by atoms with van der Waals surface area (Å²) in [6.07, 6.45) is 8.90. The van der Waals surface area contributed by atoms with Crippen LogP contribution in [0.5, 0.6) is 5.75 Å². The first-order valence-corrected chi connectivity index (χ1v) is 12.3. The molecule has 0 aromatic carbocycles. The Bertz CT molecular complexity index is 1130. The van der Waals surface area contributed by atoms with Gasteiger partial charge in [0.2, 0.25) is 0 Å². The van der Waals surface area contributed by atoms with Crippen LogP contribution < -0.4 is 4.74 Å². The second-order valence-corrected chi connectivity index (χ2v) is 9.93. The lowest BCUT2D eigenvalue weighted by Crippen LogP contribution is -2.31. The van der Waals surface area contributed by atoms with E-state index in [1.54, 1.807) is 15.7 Å². The largest absolute Gasteiger partial charge is 0.489 e. The number of hydrogen-bond donors (Lipinski definition) is 0. The number of pyridine rings is 1. The third-order valence-electron chi connectivity index (χ3n) is 6.78. The van der Waals surface area contributed by atoms with E-state index < -0.39 is 0 Å². The summed E-state index contributed by atoms with van der Waals surface area (Å²) in [4.78, 5) is 18.6. The van der Waals surface area contributed by atoms with E-state index in [9.17, 15) is 4.79 Å². The summed E-state index contributed by atoms with van der Waals surface area (Å²) < 4.78 is 7.91. The average Bonchev–Trinajstić information content (AvgIpc) is 3.42. The van der Waals surface area contributed by atoms with Crippen LogP contribution in [0.25, 0.3) is 11.4 Å². The third-order valence-corrected chi connectivity index (χ3v) is 6.78. The number of nitrogens with zero attached hydrogens (tertiary/aromatic N) is 8. The molecule has 3 aromatic heterocycles. The van der Waals surface area contributed by atoms with E-state index >= 15 is 0 Å². The fourth-order valence-corrected chi connectivity index (χ4v) is 4.66. The number of aromatic nitrogens is 8. The van der Waals surface area contributed by atoms with Crippen molar-refractivity contribution in [3.8, 4) is 17.1 Å². The maximum Gasteiger partial charge on any atom is 0.175 e. The number of ketones is 1. The first-order valence-electron chi connectivity index (χ1n) is 12.3. The molecular weight excluding hydrogens is 432 g/mol. The van der Waals surface area contributed by atoms with Crippen molar-refractivity contribution in [1.82, 2.24) is 40.2 Å². The molecule has 2 saturated carbocycles. The van der Waals surface area contributed by atoms with Crippen molar-refractivity contribution in [2.75, 3.05) is 0 Å². The molecule has 2 aliphatic rings. The lowest BCUT2D eigenvalue weighted by atomic mass is 9.81. The van der Waals surface area contributed by atoms with Crippen LogP contribution in [0, 0.1) is 17.8 Å². The zero-order valence-corrected chi connectivity index (χ0v) is 20.1. The molecule has 10 heteroatoms. The maximum absolute atomic E-state index is 12.4. The molecule has 0 spiro atoms. The molecule has 2 atom stereocenters. The highest BCUT2D eigenvalue weighted by molar-refractivity contribution is 5.82. The summed E-state index contributed by atoms with van der Waals surface area (Å²) in [5.74, 6) is 2.73. The fraction of sp³-hybridized carbons (Fsp3) is 0.625. The van der Waals surface area contributed by atoms with Crippen LogP contribution in [0.3, 0.4) is 0 Å². The van der Waals surface area contributed by atoms with Gasteiger partial charge in [-0.25, -0.2) is 4.68 Å². The maximum atomic E-state index is 12.4. The van der Waals surface area contributed by atoms with Gasteiger partial charge in [-0.2, -0.15) is 4.80 Å². The molecule has 2 fully saturated rings. The second-order valence-electron chi connectivity index (χ2n) is 9.93. The van der Waals surface area contributed by atoms with Crippen molar-refractivity contribution >= 4 is 5.78 Å². The highest BCUT2D eigenvalue weighted by Gasteiger charge is 2.29. The van der Waals surface area contributed by atoms with Gasteiger partial charge in [-0.1, -0.05) is 19.1 Å². The smallest absolute Gasteiger partial charge is 0.175 e. The molecule has 0 saturated heterocycles. The number of rotatable bonds is 9. The minimum absolute atomic E-state index is 0.0457. The normalized spacial score (nSPS) is 20.6. The molecule has 0 bridgehead atoms. The summed E-state index contributed by atoms with van der Waals surface area (Å²) in [7, 11) is 1.85. The molecule has 0 aliphatic heterocycles. The van der Waals surface area contributed by atoms with Crippen LogP contribution in [-0.2, 0) is 24.8 Å². The Balaban J connectivity index is 1.25. The number of tetrazole rings is 1. The highest BCUT2D eigenvalue weighted by Crippen LogP contribution is 2.32. The van der Waals surface area contributed by atoms with Crippen LogP contribution in [0.4, 0.5) is 0 Å². The topological polar surface area (TPSA) is 114 Å². The Morgan fingerprint density at radius 3 is 2.74 bits per heavy atom. The van der Waals surface area contributed by atoms with Crippen LogP contribution in [0.1, 0.15) is 63.9 Å². The number of carbonyl (C=O) groups is 1. The summed E-state index contributed by atoms with van der Waals surface area (Å²) in [6.45, 7) is 4.37. The summed E-state index contributed by atoms with van der Waals surface area (Å²) >= 11 is 0. The van der Waals surface area contributed by atoms with E-state index in [-0.39, 0.29) is 17.9 Å². The summed E-state index contributed by atoms with van der Waals surface area (Å²) in [5, 5.41) is 21.4. The number of ether oxygens (including phenoxy) is 1. The Labute approximate surface area is 199 Å². The van der Waals surface area contributed by atoms with E-state index in [1.807, 2.05) is 33.0 Å². The zero-order chi connectivity index (χ0) is 23.7. The van der Waals surface area contributed by atoms with Crippen molar-refractivity contribution in [3.05, 3.63) is 29.8 Å². The van der Waals surface area contributed by atoms with Gasteiger partial charge in [0.15, 0.2) is 5.82 Å². The van der Waals surface area contributed by atoms with E-state index in [2.05, 4.69) is 30.7 Å². The lowest BCUT2D eigenvalue weighted by Gasteiger charge is -2.29. The van der Waals surface area contributed by atoms with Gasteiger partial charge in [0.05, 0.1) is 23.7 Å². The van der Waals surface area contributed by atoms with Crippen molar-refractivity contribution in [2.45, 2.75) is 71.4 Å². The minimum Gasteiger partial charge on any atom is -0.489 e. The van der Waals surface area contributed by atoms with Crippen molar-refractivity contribution in [2.24, 2.45) is 24.8 Å². The number of hydrogen-bond acceptors (Lipinski definition) is 8. The number of aryl methyl sites for hydroxylation is 1. The number of Topliss-reactive ketones (excluding diaryl/α,β-unsaturated/α-hetero) is 1. The molecule has 5 rings (SSSR count). The van der Waals surface area contributed by atoms with Gasteiger partial charge >= 0.3 is 0 Å². The SMILES string of the molecule is CC(C)C(=O)[C@H]1CCC[C@H](Oc2ccc(-c3nnn(C)c3Cn3nnc(CC4CC4)n3)nc2)C1. The van der Waals surface area contributed by atoms with Gasteiger partial charge in [0.1, 0.15) is 23.8 Å². The summed E-state index contributed by atoms with van der Waals surface area (Å²) in [6, 6.07) is 3.81. The lowest BCUT2D eigenvalue weighted by molar-refractivity contribution is -0.127. The predicted molar refractivity (Wildman–Crippen MR) is 124 cm³/mol. The average molecular weight is 465 g/mol. The van der Waals surface area contributed by atoms with Crippen LogP contribution >= 0.6 is 0 Å². The highest BCUT2D eigenvalue weighted by atomic mass is 16.5. The third kappa shape index (κ3) is 5.15. The van der Waals surface area contributed by atoms with Gasteiger partial charge in [-0.15, -0.1) is 15.3 Å². The molecule has 0 amide bonds. The molecule has 0 N–H and O–H groups in total. The van der Waals surface area contributed by atoms with Crippen LogP contribution in [-0.4, -0.2) is 52.1 Å². The molecular formula is C24H32N8O2. The molecule has 0 radical (unpaired) electrons. The quantitative estimate of drug-likeness (QED) is 0.475. The van der Waals surface area contributed by atoms with Gasteiger partial charge in [0, 0.05) is 25.3 Å². The predicted octanol–water partition coefficient (Wildman–Crippen LogP) is 3.03. The molecule has 0 unspecified atom stereocenters. The van der Waals surface area contributed by atoms with Gasteiger partial charge in [0.25, 0.3) is 0 Å². The second kappa shape index (κ2) is 9.60. The van der Waals surface area contributed by atoms with E-state index in [0.29, 0.717) is 35.4 Å². The van der Waals surface area contributed by atoms with Gasteiger partial charge in [-0.3, -0.25) is 9.78 Å². The Morgan fingerprint density at radius 2 is 2.00 bits per heavy atom. The molecule has 10 nitrogen and oxygen atoms in total. The minimum atomic E-state index is 0.0457. The van der Waals surface area contributed by atoms with Gasteiger partial charge in [-0.05, 0) is 61.8 Å². The van der Waals surface area contributed by atoms with Crippen LogP contribution in [0.15, 0.2) is 18.3 Å². The molecule has 3 aromatic rings. The Hall–Kier alpha value is -3.17. The first-order chi connectivity index (χ1) is 16.5. The molecule has 2 aliphatic carbocycles. The fourth-order valence-electron chi connectivity index (χ4n) is 4.66. The molecule has 34 heavy (non-hydrogen) atoms. The number of carbonyl (C=O) groups excluding carboxylic acids is 1. The molecule has 3 heterocycles.